The van der Waals surface area contributed by atoms with Gasteiger partial charge in [0.25, 0.3) is 0 Å². The van der Waals surface area contributed by atoms with E-state index in [-0.39, 0.29) is 23.8 Å². The zero-order valence-electron chi connectivity index (χ0n) is 12.3. The van der Waals surface area contributed by atoms with Crippen LogP contribution in [0.4, 0.5) is 0 Å². The van der Waals surface area contributed by atoms with Gasteiger partial charge in [0, 0.05) is 25.6 Å². The van der Waals surface area contributed by atoms with Crippen LogP contribution in [0.2, 0.25) is 0 Å². The monoisotopic (exact) mass is 270 g/mol. The second-order valence-electron chi connectivity index (χ2n) is 6.29. The summed E-state index contributed by atoms with van der Waals surface area (Å²) in [4.78, 5) is 25.3. The number of carbonyl (C=O) groups excluding carboxylic acids is 1. The Bertz CT molecular complexity index is 355. The number of carboxylic acids is 1. The van der Waals surface area contributed by atoms with Crippen LogP contribution in [-0.2, 0) is 9.59 Å². The highest BCUT2D eigenvalue weighted by Crippen LogP contribution is 2.38. The number of nitrogens with zero attached hydrogens (tertiary/aromatic N) is 1. The molecule has 0 aliphatic carbocycles. The van der Waals surface area contributed by atoms with Crippen molar-refractivity contribution in [2.24, 2.45) is 23.0 Å². The standard InChI is InChI=1S/C14H26N2O3/c1-9(2)11(15)7-12(17)16-6-5-14(8-16,10(3)4)13(18)19/h9-11H,5-8,15H2,1-4H3,(H,18,19). The maximum atomic E-state index is 12.1. The molecule has 110 valence electrons. The molecule has 3 N–H and O–H groups in total. The van der Waals surface area contributed by atoms with Crippen LogP contribution in [0.5, 0.6) is 0 Å². The quantitative estimate of drug-likeness (QED) is 0.789. The number of nitrogens with two attached hydrogens (primary N) is 1. The van der Waals surface area contributed by atoms with Gasteiger partial charge in [-0.3, -0.25) is 9.59 Å². The summed E-state index contributed by atoms with van der Waals surface area (Å²) >= 11 is 0. The lowest BCUT2D eigenvalue weighted by molar-refractivity contribution is -0.151. The van der Waals surface area contributed by atoms with E-state index in [1.54, 1.807) is 4.90 Å². The molecule has 1 aliphatic heterocycles. The van der Waals surface area contributed by atoms with E-state index < -0.39 is 11.4 Å². The summed E-state index contributed by atoms with van der Waals surface area (Å²) in [5.74, 6) is -0.557. The van der Waals surface area contributed by atoms with E-state index in [1.165, 1.54) is 0 Å². The van der Waals surface area contributed by atoms with Crippen molar-refractivity contribution in [2.75, 3.05) is 13.1 Å². The molecule has 0 bridgehead atoms. The zero-order chi connectivity index (χ0) is 14.8. The van der Waals surface area contributed by atoms with Gasteiger partial charge in [-0.05, 0) is 18.3 Å². The van der Waals surface area contributed by atoms with E-state index in [1.807, 2.05) is 27.7 Å². The number of amides is 1. The molecule has 0 spiro atoms. The Hall–Kier alpha value is -1.10. The smallest absolute Gasteiger partial charge is 0.311 e. The number of hydrogen-bond acceptors (Lipinski definition) is 3. The molecule has 19 heavy (non-hydrogen) atoms. The number of carbonyl (C=O) groups is 2. The molecular formula is C14H26N2O3. The molecule has 1 saturated heterocycles. The van der Waals surface area contributed by atoms with Crippen LogP contribution >= 0.6 is 0 Å². The number of aliphatic carboxylic acids is 1. The van der Waals surface area contributed by atoms with E-state index in [2.05, 4.69) is 0 Å². The van der Waals surface area contributed by atoms with Crippen molar-refractivity contribution in [3.63, 3.8) is 0 Å². The van der Waals surface area contributed by atoms with Gasteiger partial charge in [-0.15, -0.1) is 0 Å². The topological polar surface area (TPSA) is 83.6 Å². The van der Waals surface area contributed by atoms with E-state index >= 15 is 0 Å². The predicted molar refractivity (Wildman–Crippen MR) is 73.5 cm³/mol. The van der Waals surface area contributed by atoms with Crippen LogP contribution in [-0.4, -0.2) is 41.0 Å². The maximum absolute atomic E-state index is 12.1. The predicted octanol–water partition coefficient (Wildman–Crippen LogP) is 1.32. The minimum atomic E-state index is -0.800. The molecule has 5 nitrogen and oxygen atoms in total. The first-order chi connectivity index (χ1) is 8.70. The summed E-state index contributed by atoms with van der Waals surface area (Å²) in [7, 11) is 0. The molecule has 0 aromatic heterocycles. The minimum absolute atomic E-state index is 0.0153. The molecular weight excluding hydrogens is 244 g/mol. The molecule has 2 unspecified atom stereocenters. The zero-order valence-corrected chi connectivity index (χ0v) is 12.3. The van der Waals surface area contributed by atoms with Gasteiger partial charge in [0.1, 0.15) is 0 Å². The second-order valence-corrected chi connectivity index (χ2v) is 6.29. The lowest BCUT2D eigenvalue weighted by Gasteiger charge is -2.29. The fraction of sp³-hybridized carbons (Fsp3) is 0.857. The molecule has 0 aromatic rings. The Morgan fingerprint density at radius 2 is 1.89 bits per heavy atom. The van der Waals surface area contributed by atoms with E-state index in [9.17, 15) is 14.7 Å². The molecule has 1 aliphatic rings. The first-order valence-corrected chi connectivity index (χ1v) is 6.97. The van der Waals surface area contributed by atoms with Gasteiger partial charge < -0.3 is 15.7 Å². The van der Waals surface area contributed by atoms with Crippen LogP contribution in [0.25, 0.3) is 0 Å². The third-order valence-electron chi connectivity index (χ3n) is 4.45. The second kappa shape index (κ2) is 5.90. The summed E-state index contributed by atoms with van der Waals surface area (Å²) in [6, 6.07) is -0.161. The van der Waals surface area contributed by atoms with Gasteiger partial charge in [-0.25, -0.2) is 0 Å². The lowest BCUT2D eigenvalue weighted by Crippen LogP contribution is -2.42. The average molecular weight is 270 g/mol. The third kappa shape index (κ3) is 3.26. The van der Waals surface area contributed by atoms with Crippen LogP contribution in [0.3, 0.4) is 0 Å². The number of carboxylic acid groups (broad SMARTS) is 1. The van der Waals surface area contributed by atoms with Gasteiger partial charge in [-0.2, -0.15) is 0 Å². The van der Waals surface area contributed by atoms with Crippen molar-refractivity contribution in [3.05, 3.63) is 0 Å². The van der Waals surface area contributed by atoms with Crippen molar-refractivity contribution in [3.8, 4) is 0 Å². The summed E-state index contributed by atoms with van der Waals surface area (Å²) in [6.07, 6.45) is 0.827. The molecule has 2 atom stereocenters. The molecule has 1 amide bonds. The minimum Gasteiger partial charge on any atom is -0.481 e. The number of likely N-dealkylation sites (tertiary alicyclic amines) is 1. The van der Waals surface area contributed by atoms with E-state index in [4.69, 9.17) is 5.73 Å². The first kappa shape index (κ1) is 16.0. The maximum Gasteiger partial charge on any atom is 0.311 e. The number of rotatable bonds is 5. The van der Waals surface area contributed by atoms with Gasteiger partial charge in [0.2, 0.25) is 5.91 Å². The van der Waals surface area contributed by atoms with Crippen LogP contribution in [0, 0.1) is 17.3 Å². The molecule has 0 radical (unpaired) electrons. The van der Waals surface area contributed by atoms with Gasteiger partial charge in [-0.1, -0.05) is 27.7 Å². The Morgan fingerprint density at radius 3 is 2.26 bits per heavy atom. The summed E-state index contributed by atoms with van der Waals surface area (Å²) < 4.78 is 0. The first-order valence-electron chi connectivity index (χ1n) is 6.97. The highest BCUT2D eigenvalue weighted by molar-refractivity contribution is 5.81. The fourth-order valence-electron chi connectivity index (χ4n) is 2.51. The van der Waals surface area contributed by atoms with Crippen molar-refractivity contribution in [1.29, 1.82) is 0 Å². The third-order valence-corrected chi connectivity index (χ3v) is 4.45. The van der Waals surface area contributed by atoms with Crippen LogP contribution in [0.1, 0.15) is 40.5 Å². The Labute approximate surface area is 115 Å². The van der Waals surface area contributed by atoms with Crippen molar-refractivity contribution in [2.45, 2.75) is 46.6 Å². The molecule has 1 heterocycles. The fourth-order valence-corrected chi connectivity index (χ4v) is 2.51. The molecule has 1 rings (SSSR count). The molecule has 0 saturated carbocycles. The molecule has 0 aromatic carbocycles. The Balaban J connectivity index is 2.70. The SMILES string of the molecule is CC(C)C(N)CC(=O)N1CCC(C(=O)O)(C(C)C)C1. The molecule has 5 heteroatoms. The lowest BCUT2D eigenvalue weighted by atomic mass is 9.76. The van der Waals surface area contributed by atoms with Gasteiger partial charge in [0.15, 0.2) is 0 Å². The van der Waals surface area contributed by atoms with E-state index in [0.717, 1.165) is 0 Å². The van der Waals surface area contributed by atoms with Gasteiger partial charge >= 0.3 is 5.97 Å². The van der Waals surface area contributed by atoms with Crippen molar-refractivity contribution >= 4 is 11.9 Å². The largest absolute Gasteiger partial charge is 0.481 e. The van der Waals surface area contributed by atoms with Crippen molar-refractivity contribution < 1.29 is 14.7 Å². The Kier molecular flexibility index (Phi) is 4.96. The van der Waals surface area contributed by atoms with E-state index in [0.29, 0.717) is 25.9 Å². The van der Waals surface area contributed by atoms with Crippen LogP contribution in [0.15, 0.2) is 0 Å². The average Bonchev–Trinajstić information content (AvgIpc) is 2.74. The highest BCUT2D eigenvalue weighted by Gasteiger charge is 2.48. The molecule has 1 fully saturated rings. The normalized spacial score (nSPS) is 25.1. The summed E-state index contributed by atoms with van der Waals surface area (Å²) in [5.41, 5.74) is 5.11. The van der Waals surface area contributed by atoms with Crippen molar-refractivity contribution in [1.82, 2.24) is 4.90 Å². The summed E-state index contributed by atoms with van der Waals surface area (Å²) in [6.45, 7) is 8.61. The van der Waals surface area contributed by atoms with Gasteiger partial charge in [0.05, 0.1) is 5.41 Å². The number of hydrogen-bond donors (Lipinski definition) is 2. The summed E-state index contributed by atoms with van der Waals surface area (Å²) in [5, 5.41) is 9.44. The van der Waals surface area contributed by atoms with Crippen LogP contribution < -0.4 is 5.73 Å². The Morgan fingerprint density at radius 1 is 1.32 bits per heavy atom. The highest BCUT2D eigenvalue weighted by atomic mass is 16.4.